The van der Waals surface area contributed by atoms with Gasteiger partial charge in [0.1, 0.15) is 0 Å². The van der Waals surface area contributed by atoms with Crippen LogP contribution in [0.3, 0.4) is 0 Å². The molecule has 1 aromatic carbocycles. The molecular weight excluding hydrogens is 275 g/mol. The first-order valence-corrected chi connectivity index (χ1v) is 5.49. The molecule has 0 saturated carbocycles. The summed E-state index contributed by atoms with van der Waals surface area (Å²) in [5.74, 6) is -2.42. The SMILES string of the molecule is CC(=O)N/N=C(\C)c1cccc(NC(=O)C(F)(F)F)c1. The molecular formula is C12H12F3N3O2. The average Bonchev–Trinajstić information content (AvgIpc) is 2.35. The molecule has 2 amide bonds. The van der Waals surface area contributed by atoms with Gasteiger partial charge in [0, 0.05) is 12.6 Å². The first-order valence-electron chi connectivity index (χ1n) is 5.49. The molecule has 8 heteroatoms. The van der Waals surface area contributed by atoms with E-state index in [2.05, 4.69) is 10.5 Å². The number of hydrogen-bond acceptors (Lipinski definition) is 3. The highest BCUT2D eigenvalue weighted by Crippen LogP contribution is 2.19. The van der Waals surface area contributed by atoms with Crippen LogP contribution in [0.25, 0.3) is 0 Å². The van der Waals surface area contributed by atoms with E-state index < -0.39 is 12.1 Å². The van der Waals surface area contributed by atoms with Crippen molar-refractivity contribution in [3.05, 3.63) is 29.8 Å². The molecule has 0 aliphatic carbocycles. The second-order valence-electron chi connectivity index (χ2n) is 3.90. The monoisotopic (exact) mass is 287 g/mol. The van der Waals surface area contributed by atoms with E-state index in [1.54, 1.807) is 18.3 Å². The fourth-order valence-corrected chi connectivity index (χ4v) is 1.25. The highest BCUT2D eigenvalue weighted by molar-refractivity contribution is 6.01. The minimum Gasteiger partial charge on any atom is -0.318 e. The van der Waals surface area contributed by atoms with Gasteiger partial charge in [-0.15, -0.1) is 0 Å². The van der Waals surface area contributed by atoms with Crippen LogP contribution < -0.4 is 10.7 Å². The number of nitrogens with zero attached hydrogens (tertiary/aromatic N) is 1. The average molecular weight is 287 g/mol. The van der Waals surface area contributed by atoms with E-state index in [4.69, 9.17) is 0 Å². The molecule has 0 atom stereocenters. The number of hydrazone groups is 1. The third-order valence-corrected chi connectivity index (χ3v) is 2.18. The van der Waals surface area contributed by atoms with Gasteiger partial charge in [0.2, 0.25) is 5.91 Å². The number of carbonyl (C=O) groups excluding carboxylic acids is 2. The summed E-state index contributed by atoms with van der Waals surface area (Å²) in [6, 6.07) is 5.70. The molecule has 20 heavy (non-hydrogen) atoms. The Morgan fingerprint density at radius 3 is 2.40 bits per heavy atom. The second-order valence-corrected chi connectivity index (χ2v) is 3.90. The highest BCUT2D eigenvalue weighted by Gasteiger charge is 2.38. The number of carbonyl (C=O) groups is 2. The summed E-state index contributed by atoms with van der Waals surface area (Å²) in [4.78, 5) is 21.5. The van der Waals surface area contributed by atoms with Crippen molar-refractivity contribution < 1.29 is 22.8 Å². The van der Waals surface area contributed by atoms with Crippen LogP contribution in [0.2, 0.25) is 0 Å². The number of hydrogen-bond donors (Lipinski definition) is 2. The van der Waals surface area contributed by atoms with Gasteiger partial charge in [0.05, 0.1) is 5.71 Å². The van der Waals surface area contributed by atoms with Crippen molar-refractivity contribution in [2.75, 3.05) is 5.32 Å². The molecule has 1 rings (SSSR count). The van der Waals surface area contributed by atoms with Crippen LogP contribution in [-0.4, -0.2) is 23.7 Å². The number of amides is 2. The molecule has 0 fully saturated rings. The Kier molecular flexibility index (Phi) is 4.84. The van der Waals surface area contributed by atoms with E-state index in [1.807, 2.05) is 0 Å². The fourth-order valence-electron chi connectivity index (χ4n) is 1.25. The summed E-state index contributed by atoms with van der Waals surface area (Å²) in [5.41, 5.74) is 3.06. The molecule has 0 aliphatic heterocycles. The normalized spacial score (nSPS) is 11.9. The van der Waals surface area contributed by atoms with E-state index in [-0.39, 0.29) is 11.6 Å². The van der Waals surface area contributed by atoms with Crippen LogP contribution in [-0.2, 0) is 9.59 Å². The van der Waals surface area contributed by atoms with E-state index in [9.17, 15) is 22.8 Å². The van der Waals surface area contributed by atoms with Crippen LogP contribution in [0.5, 0.6) is 0 Å². The van der Waals surface area contributed by atoms with Crippen LogP contribution in [0.4, 0.5) is 18.9 Å². The predicted molar refractivity (Wildman–Crippen MR) is 67.2 cm³/mol. The molecule has 0 unspecified atom stereocenters. The third kappa shape index (κ3) is 4.71. The number of rotatable bonds is 3. The quantitative estimate of drug-likeness (QED) is 0.659. The van der Waals surface area contributed by atoms with Crippen LogP contribution >= 0.6 is 0 Å². The van der Waals surface area contributed by atoms with Crippen LogP contribution in [0.15, 0.2) is 29.4 Å². The van der Waals surface area contributed by atoms with E-state index in [0.29, 0.717) is 11.3 Å². The van der Waals surface area contributed by atoms with Gasteiger partial charge in [0.25, 0.3) is 0 Å². The first-order chi connectivity index (χ1) is 9.20. The van der Waals surface area contributed by atoms with Crippen LogP contribution in [0.1, 0.15) is 19.4 Å². The Morgan fingerprint density at radius 2 is 1.85 bits per heavy atom. The molecule has 0 saturated heterocycles. The minimum absolute atomic E-state index is 0.0119. The maximum absolute atomic E-state index is 12.1. The molecule has 2 N–H and O–H groups in total. The van der Waals surface area contributed by atoms with E-state index >= 15 is 0 Å². The van der Waals surface area contributed by atoms with E-state index in [1.165, 1.54) is 25.1 Å². The lowest BCUT2D eigenvalue weighted by atomic mass is 10.1. The lowest BCUT2D eigenvalue weighted by Gasteiger charge is -2.09. The van der Waals surface area contributed by atoms with Crippen LogP contribution in [0, 0.1) is 0 Å². The lowest BCUT2D eigenvalue weighted by Crippen LogP contribution is -2.29. The summed E-state index contributed by atoms with van der Waals surface area (Å²) < 4.78 is 36.4. The molecule has 1 aromatic rings. The van der Waals surface area contributed by atoms with Crippen molar-refractivity contribution in [3.8, 4) is 0 Å². The maximum Gasteiger partial charge on any atom is 0.471 e. The summed E-state index contributed by atoms with van der Waals surface area (Å²) in [7, 11) is 0. The Bertz CT molecular complexity index is 553. The second kappa shape index (κ2) is 6.18. The smallest absolute Gasteiger partial charge is 0.318 e. The third-order valence-electron chi connectivity index (χ3n) is 2.18. The topological polar surface area (TPSA) is 70.6 Å². The van der Waals surface area contributed by atoms with Crippen molar-refractivity contribution >= 4 is 23.2 Å². The predicted octanol–water partition coefficient (Wildman–Crippen LogP) is 2.05. The van der Waals surface area contributed by atoms with Crippen molar-refractivity contribution in [1.29, 1.82) is 0 Å². The zero-order valence-electron chi connectivity index (χ0n) is 10.7. The Morgan fingerprint density at radius 1 is 1.20 bits per heavy atom. The van der Waals surface area contributed by atoms with Gasteiger partial charge in [-0.25, -0.2) is 5.43 Å². The summed E-state index contributed by atoms with van der Waals surface area (Å²) >= 11 is 0. The Balaban J connectivity index is 2.88. The molecule has 0 radical (unpaired) electrons. The molecule has 0 spiro atoms. The number of halogens is 3. The van der Waals surface area contributed by atoms with Crippen molar-refractivity contribution in [3.63, 3.8) is 0 Å². The van der Waals surface area contributed by atoms with E-state index in [0.717, 1.165) is 0 Å². The largest absolute Gasteiger partial charge is 0.471 e. The summed E-state index contributed by atoms with van der Waals surface area (Å²) in [5, 5.41) is 5.48. The van der Waals surface area contributed by atoms with Gasteiger partial charge in [-0.2, -0.15) is 18.3 Å². The lowest BCUT2D eigenvalue weighted by molar-refractivity contribution is -0.167. The highest BCUT2D eigenvalue weighted by atomic mass is 19.4. The number of benzene rings is 1. The molecule has 0 aromatic heterocycles. The molecule has 0 bridgehead atoms. The zero-order chi connectivity index (χ0) is 15.3. The molecule has 5 nitrogen and oxygen atoms in total. The van der Waals surface area contributed by atoms with Gasteiger partial charge in [0.15, 0.2) is 0 Å². The molecule has 108 valence electrons. The summed E-state index contributed by atoms with van der Waals surface area (Å²) in [6.45, 7) is 2.84. The molecule has 0 heterocycles. The standard InChI is InChI=1S/C12H12F3N3O2/c1-7(17-18-8(2)19)9-4-3-5-10(6-9)16-11(20)12(13,14)15/h3-6H,1-2H3,(H,16,20)(H,18,19)/b17-7+. The molecule has 0 aliphatic rings. The van der Waals surface area contributed by atoms with Gasteiger partial charge < -0.3 is 5.32 Å². The number of nitrogens with one attached hydrogen (secondary N) is 2. The summed E-state index contributed by atoms with van der Waals surface area (Å²) in [6.07, 6.45) is -4.95. The Labute approximate surface area is 112 Å². The number of anilines is 1. The number of alkyl halides is 3. The maximum atomic E-state index is 12.1. The van der Waals surface area contributed by atoms with Gasteiger partial charge in [-0.05, 0) is 24.6 Å². The van der Waals surface area contributed by atoms with Gasteiger partial charge >= 0.3 is 12.1 Å². The van der Waals surface area contributed by atoms with Crippen molar-refractivity contribution in [1.82, 2.24) is 5.43 Å². The fraction of sp³-hybridized carbons (Fsp3) is 0.250. The minimum atomic E-state index is -4.95. The first kappa shape index (κ1) is 15.7. The van der Waals surface area contributed by atoms with Gasteiger partial charge in [-0.1, -0.05) is 12.1 Å². The van der Waals surface area contributed by atoms with Crippen molar-refractivity contribution in [2.45, 2.75) is 20.0 Å². The Hall–Kier alpha value is -2.38. The van der Waals surface area contributed by atoms with Gasteiger partial charge in [-0.3, -0.25) is 9.59 Å². The zero-order valence-corrected chi connectivity index (χ0v) is 10.7. The van der Waals surface area contributed by atoms with Crippen molar-refractivity contribution in [2.24, 2.45) is 5.10 Å².